The van der Waals surface area contributed by atoms with Crippen LogP contribution in [-0.4, -0.2) is 43.0 Å². The number of hydrogen-bond donors (Lipinski definition) is 2. The Bertz CT molecular complexity index is 1260. The van der Waals surface area contributed by atoms with Crippen LogP contribution in [0.15, 0.2) is 83.8 Å². The maximum atomic E-state index is 13.5. The van der Waals surface area contributed by atoms with E-state index in [-0.39, 0.29) is 18.0 Å². The topological polar surface area (TPSA) is 95.9 Å². The van der Waals surface area contributed by atoms with Crippen molar-refractivity contribution in [1.82, 2.24) is 9.62 Å². The van der Waals surface area contributed by atoms with Gasteiger partial charge >= 0.3 is 0 Å². The van der Waals surface area contributed by atoms with Crippen LogP contribution in [-0.2, 0) is 32.7 Å². The second-order valence-corrected chi connectivity index (χ2v) is 10.5. The number of carbonyl (C=O) groups excluding carboxylic acids is 1. The van der Waals surface area contributed by atoms with Gasteiger partial charge < -0.3 is 14.7 Å². The predicted octanol–water partition coefficient (Wildman–Crippen LogP) is 3.32. The van der Waals surface area contributed by atoms with Crippen molar-refractivity contribution in [2.45, 2.75) is 50.1 Å². The average Bonchev–Trinajstić information content (AvgIpc) is 2.86. The summed E-state index contributed by atoms with van der Waals surface area (Å²) in [6, 6.07) is 22.1. The molecule has 0 bridgehead atoms. The number of hydrogen-bond acceptors (Lipinski definition) is 5. The Morgan fingerprint density at radius 2 is 1.71 bits per heavy atom. The van der Waals surface area contributed by atoms with E-state index >= 15 is 0 Å². The summed E-state index contributed by atoms with van der Waals surface area (Å²) in [5, 5.41) is 10.3. The molecule has 0 aliphatic carbocycles. The molecule has 184 valence electrons. The third-order valence-corrected chi connectivity index (χ3v) is 7.78. The maximum Gasteiger partial charge on any atom is 0.241 e. The van der Waals surface area contributed by atoms with Gasteiger partial charge in [-0.05, 0) is 42.7 Å². The molecule has 3 atom stereocenters. The number of aryl methyl sites for hydroxylation is 1. The van der Waals surface area contributed by atoms with Gasteiger partial charge in [-0.25, -0.2) is 8.42 Å². The number of rotatable bonds is 8. The van der Waals surface area contributed by atoms with Crippen LogP contribution in [0.3, 0.4) is 0 Å². The van der Waals surface area contributed by atoms with E-state index in [2.05, 4.69) is 4.72 Å². The lowest BCUT2D eigenvalue weighted by Gasteiger charge is -2.42. The third-order valence-electron chi connectivity index (χ3n) is 6.23. The molecule has 7 nitrogen and oxygen atoms in total. The van der Waals surface area contributed by atoms with Crippen molar-refractivity contribution in [2.24, 2.45) is 0 Å². The van der Waals surface area contributed by atoms with Crippen molar-refractivity contribution in [3.8, 4) is 0 Å². The molecule has 0 aromatic heterocycles. The van der Waals surface area contributed by atoms with Gasteiger partial charge in [-0.1, -0.05) is 72.3 Å². The van der Waals surface area contributed by atoms with Crippen molar-refractivity contribution in [2.75, 3.05) is 6.61 Å². The van der Waals surface area contributed by atoms with Gasteiger partial charge in [0.15, 0.2) is 0 Å². The lowest BCUT2D eigenvalue weighted by atomic mass is 9.90. The van der Waals surface area contributed by atoms with Crippen molar-refractivity contribution >= 4 is 15.9 Å². The quantitative estimate of drug-likeness (QED) is 0.501. The van der Waals surface area contributed by atoms with Gasteiger partial charge in [0, 0.05) is 6.54 Å². The summed E-state index contributed by atoms with van der Waals surface area (Å²) in [6.45, 7) is 3.63. The van der Waals surface area contributed by atoms with Crippen LogP contribution in [0, 0.1) is 6.92 Å². The van der Waals surface area contributed by atoms with Crippen LogP contribution in [0.1, 0.15) is 35.3 Å². The molecule has 1 aliphatic rings. The van der Waals surface area contributed by atoms with E-state index in [1.54, 1.807) is 12.1 Å². The SMILES string of the molecule is Cc1ccc(S(=O)(=O)N[C@@H](C)C(=O)N2Cc3ccccc3[C@@H](OCc3ccccc3)[C@@H]2CO)cc1. The van der Waals surface area contributed by atoms with Gasteiger partial charge in [-0.15, -0.1) is 0 Å². The van der Waals surface area contributed by atoms with Gasteiger partial charge in [-0.2, -0.15) is 4.72 Å². The van der Waals surface area contributed by atoms with Gasteiger partial charge in [0.05, 0.1) is 30.2 Å². The lowest BCUT2D eigenvalue weighted by molar-refractivity contribution is -0.144. The van der Waals surface area contributed by atoms with Gasteiger partial charge in [0.1, 0.15) is 6.10 Å². The number of sulfonamides is 1. The number of fused-ring (bicyclic) bond motifs is 1. The molecular weight excluding hydrogens is 464 g/mol. The van der Waals surface area contributed by atoms with Gasteiger partial charge in [0.2, 0.25) is 15.9 Å². The molecule has 0 spiro atoms. The number of carbonyl (C=O) groups is 1. The Morgan fingerprint density at radius 3 is 2.40 bits per heavy atom. The zero-order valence-electron chi connectivity index (χ0n) is 19.8. The maximum absolute atomic E-state index is 13.5. The molecule has 0 saturated carbocycles. The second-order valence-electron chi connectivity index (χ2n) is 8.79. The first kappa shape index (κ1) is 25.1. The number of aliphatic hydroxyl groups excluding tert-OH is 1. The molecular formula is C27H30N2O5S. The highest BCUT2D eigenvalue weighted by atomic mass is 32.2. The zero-order valence-corrected chi connectivity index (χ0v) is 20.6. The number of ether oxygens (including phenoxy) is 1. The summed E-state index contributed by atoms with van der Waals surface area (Å²) in [7, 11) is -3.90. The summed E-state index contributed by atoms with van der Waals surface area (Å²) in [6.07, 6.45) is -0.560. The molecule has 0 fully saturated rings. The van der Waals surface area contributed by atoms with E-state index in [0.717, 1.165) is 22.3 Å². The molecule has 35 heavy (non-hydrogen) atoms. The monoisotopic (exact) mass is 494 g/mol. The largest absolute Gasteiger partial charge is 0.394 e. The minimum Gasteiger partial charge on any atom is -0.394 e. The Kier molecular flexibility index (Phi) is 7.66. The highest BCUT2D eigenvalue weighted by molar-refractivity contribution is 7.89. The van der Waals surface area contributed by atoms with Gasteiger partial charge in [-0.3, -0.25) is 4.79 Å². The fraction of sp³-hybridized carbons (Fsp3) is 0.296. The predicted molar refractivity (Wildman–Crippen MR) is 133 cm³/mol. The summed E-state index contributed by atoms with van der Waals surface area (Å²) >= 11 is 0. The molecule has 2 N–H and O–H groups in total. The van der Waals surface area contributed by atoms with Crippen LogP contribution >= 0.6 is 0 Å². The Morgan fingerprint density at radius 1 is 1.06 bits per heavy atom. The van der Waals surface area contributed by atoms with Crippen molar-refractivity contribution in [3.63, 3.8) is 0 Å². The average molecular weight is 495 g/mol. The smallest absolute Gasteiger partial charge is 0.241 e. The molecule has 8 heteroatoms. The molecule has 0 unspecified atom stereocenters. The first-order chi connectivity index (χ1) is 16.8. The molecule has 3 aromatic carbocycles. The van der Waals surface area contributed by atoms with Crippen LogP contribution in [0.4, 0.5) is 0 Å². The van der Waals surface area contributed by atoms with E-state index in [1.165, 1.54) is 24.0 Å². The molecule has 4 rings (SSSR count). The number of nitrogens with one attached hydrogen (secondary N) is 1. The second kappa shape index (κ2) is 10.7. The van der Waals surface area contributed by atoms with E-state index < -0.39 is 34.1 Å². The number of amides is 1. The van der Waals surface area contributed by atoms with Crippen molar-refractivity contribution in [3.05, 3.63) is 101 Å². The van der Waals surface area contributed by atoms with Crippen molar-refractivity contribution in [1.29, 1.82) is 0 Å². The molecule has 1 heterocycles. The normalized spacial score (nSPS) is 18.7. The highest BCUT2D eigenvalue weighted by Crippen LogP contribution is 2.35. The molecule has 0 radical (unpaired) electrons. The molecule has 0 saturated heterocycles. The third kappa shape index (κ3) is 5.62. The van der Waals surface area contributed by atoms with E-state index in [0.29, 0.717) is 6.61 Å². The van der Waals surface area contributed by atoms with E-state index in [9.17, 15) is 18.3 Å². The van der Waals surface area contributed by atoms with Crippen LogP contribution in [0.5, 0.6) is 0 Å². The molecule has 1 amide bonds. The summed E-state index contributed by atoms with van der Waals surface area (Å²) in [5.41, 5.74) is 3.73. The minimum absolute atomic E-state index is 0.0921. The van der Waals surface area contributed by atoms with Crippen LogP contribution in [0.25, 0.3) is 0 Å². The summed E-state index contributed by atoms with van der Waals surface area (Å²) in [5.74, 6) is -0.428. The summed E-state index contributed by atoms with van der Waals surface area (Å²) in [4.78, 5) is 15.1. The van der Waals surface area contributed by atoms with Crippen LogP contribution in [0.2, 0.25) is 0 Å². The fourth-order valence-electron chi connectivity index (χ4n) is 4.34. The summed E-state index contributed by atoms with van der Waals surface area (Å²) < 4.78 is 34.5. The van der Waals surface area contributed by atoms with Crippen LogP contribution < -0.4 is 4.72 Å². The first-order valence-electron chi connectivity index (χ1n) is 11.5. The van der Waals surface area contributed by atoms with Crippen molar-refractivity contribution < 1.29 is 23.1 Å². The number of benzene rings is 3. The number of aliphatic hydroxyl groups is 1. The van der Waals surface area contributed by atoms with Gasteiger partial charge in [0.25, 0.3) is 0 Å². The fourth-order valence-corrected chi connectivity index (χ4v) is 5.54. The Labute approximate surface area is 206 Å². The minimum atomic E-state index is -3.90. The Hall–Kier alpha value is -3.04. The molecule has 1 aliphatic heterocycles. The number of nitrogens with zero attached hydrogens (tertiary/aromatic N) is 1. The standard InChI is InChI=1S/C27H30N2O5S/c1-19-12-14-23(15-13-19)35(32,33)28-20(2)27(31)29-16-22-10-6-7-11-24(22)26(25(29)17-30)34-18-21-8-4-3-5-9-21/h3-15,20,25-26,28,30H,16-18H2,1-2H3/t20-,25-,26+/m0/s1. The first-order valence-corrected chi connectivity index (χ1v) is 13.0. The zero-order chi connectivity index (χ0) is 25.0. The highest BCUT2D eigenvalue weighted by Gasteiger charge is 2.40. The van der Waals surface area contributed by atoms with E-state index in [4.69, 9.17) is 4.74 Å². The molecule has 3 aromatic rings. The lowest BCUT2D eigenvalue weighted by Crippen LogP contribution is -2.55. The van der Waals surface area contributed by atoms with E-state index in [1.807, 2.05) is 61.5 Å². The Balaban J connectivity index is 1.57.